The van der Waals surface area contributed by atoms with Crippen LogP contribution in [0.25, 0.3) is 32.8 Å². The maximum absolute atomic E-state index is 4.16. The van der Waals surface area contributed by atoms with Gasteiger partial charge in [0.25, 0.3) is 0 Å². The zero-order chi connectivity index (χ0) is 26.5. The molecule has 4 heteroatoms. The van der Waals surface area contributed by atoms with E-state index in [1.807, 2.05) is 6.20 Å². The van der Waals surface area contributed by atoms with Crippen LogP contribution in [0.4, 0.5) is 0 Å². The number of imidazole rings is 1. The fraction of sp³-hybridized carbons (Fsp3) is 0.324. The van der Waals surface area contributed by atoms with Gasteiger partial charge in [-0.2, -0.15) is 0 Å². The number of hydrogen-bond donors (Lipinski definition) is 2. The SMILES string of the molecule is C.CC(C)c1ccc2[nH]ccc2c1.CC(C)c1ccc2c(ccn2C)c1.CC(C)c1ccc2nc[nH]c2c1. The number of aromatic nitrogens is 4. The molecule has 0 amide bonds. The number of benzene rings is 3. The van der Waals surface area contributed by atoms with Gasteiger partial charge in [0.1, 0.15) is 0 Å². The molecule has 3 aromatic carbocycles. The lowest BCUT2D eigenvalue weighted by molar-refractivity contribution is 0.868. The van der Waals surface area contributed by atoms with Crippen molar-refractivity contribution in [2.24, 2.45) is 7.05 Å². The van der Waals surface area contributed by atoms with E-state index in [9.17, 15) is 0 Å². The summed E-state index contributed by atoms with van der Waals surface area (Å²) in [5.74, 6) is 1.81. The van der Waals surface area contributed by atoms with E-state index in [1.165, 1.54) is 38.5 Å². The van der Waals surface area contributed by atoms with Crippen molar-refractivity contribution in [2.45, 2.75) is 66.7 Å². The molecule has 0 bridgehead atoms. The van der Waals surface area contributed by atoms with Crippen LogP contribution in [-0.4, -0.2) is 19.5 Å². The molecule has 0 spiro atoms. The maximum atomic E-state index is 4.16. The Morgan fingerprint density at radius 2 is 1.24 bits per heavy atom. The van der Waals surface area contributed by atoms with E-state index >= 15 is 0 Å². The second-order valence-corrected chi connectivity index (χ2v) is 10.7. The molecule has 3 aromatic heterocycles. The Labute approximate surface area is 228 Å². The van der Waals surface area contributed by atoms with E-state index < -0.39 is 0 Å². The van der Waals surface area contributed by atoms with Gasteiger partial charge in [-0.3, -0.25) is 0 Å². The molecule has 0 atom stereocenters. The molecule has 0 aliphatic carbocycles. The minimum absolute atomic E-state index is 0. The molecule has 38 heavy (non-hydrogen) atoms. The minimum atomic E-state index is 0. The average molecular weight is 509 g/mol. The summed E-state index contributed by atoms with van der Waals surface area (Å²) in [4.78, 5) is 10.5. The van der Waals surface area contributed by atoms with Crippen LogP contribution in [0.2, 0.25) is 0 Å². The highest BCUT2D eigenvalue weighted by Gasteiger charge is 2.03. The van der Waals surface area contributed by atoms with Crippen LogP contribution in [0.5, 0.6) is 0 Å². The van der Waals surface area contributed by atoms with E-state index in [-0.39, 0.29) is 7.43 Å². The van der Waals surface area contributed by atoms with Gasteiger partial charge in [-0.25, -0.2) is 4.98 Å². The fourth-order valence-electron chi connectivity index (χ4n) is 4.40. The third kappa shape index (κ3) is 6.74. The Balaban J connectivity index is 0.000000156. The fourth-order valence-corrected chi connectivity index (χ4v) is 4.40. The van der Waals surface area contributed by atoms with Crippen LogP contribution in [0.15, 0.2) is 85.5 Å². The summed E-state index contributed by atoms with van der Waals surface area (Å²) in [7, 11) is 2.08. The van der Waals surface area contributed by atoms with Crippen molar-refractivity contribution in [2.75, 3.05) is 0 Å². The molecule has 0 saturated heterocycles. The molecule has 3 heterocycles. The van der Waals surface area contributed by atoms with E-state index in [0.717, 1.165) is 11.0 Å². The van der Waals surface area contributed by atoms with Crippen molar-refractivity contribution in [3.63, 3.8) is 0 Å². The summed E-state index contributed by atoms with van der Waals surface area (Å²) >= 11 is 0. The smallest absolute Gasteiger partial charge is 0.0931 e. The number of rotatable bonds is 3. The van der Waals surface area contributed by atoms with Gasteiger partial charge in [-0.1, -0.05) is 67.2 Å². The van der Waals surface area contributed by atoms with E-state index in [0.29, 0.717) is 17.8 Å². The molecule has 4 nitrogen and oxygen atoms in total. The van der Waals surface area contributed by atoms with Crippen LogP contribution in [0.1, 0.15) is 83.4 Å². The first kappa shape index (κ1) is 28.8. The zero-order valence-electron chi connectivity index (χ0n) is 23.2. The van der Waals surface area contributed by atoms with Gasteiger partial charge in [-0.05, 0) is 93.7 Å². The van der Waals surface area contributed by atoms with Gasteiger partial charge in [-0.15, -0.1) is 0 Å². The van der Waals surface area contributed by atoms with Crippen molar-refractivity contribution < 1.29 is 0 Å². The topological polar surface area (TPSA) is 49.4 Å². The van der Waals surface area contributed by atoms with Crippen LogP contribution in [0, 0.1) is 0 Å². The molecule has 0 unspecified atom stereocenters. The number of fused-ring (bicyclic) bond motifs is 3. The largest absolute Gasteiger partial charge is 0.361 e. The zero-order valence-corrected chi connectivity index (χ0v) is 23.2. The van der Waals surface area contributed by atoms with Gasteiger partial charge >= 0.3 is 0 Å². The Bertz CT molecular complexity index is 1500. The minimum Gasteiger partial charge on any atom is -0.361 e. The molecular formula is C34H44N4. The predicted molar refractivity (Wildman–Crippen MR) is 166 cm³/mol. The third-order valence-electron chi connectivity index (χ3n) is 6.93. The summed E-state index contributed by atoms with van der Waals surface area (Å²) < 4.78 is 2.15. The highest BCUT2D eigenvalue weighted by molar-refractivity contribution is 5.81. The Morgan fingerprint density at radius 3 is 1.92 bits per heavy atom. The molecule has 2 N–H and O–H groups in total. The van der Waals surface area contributed by atoms with Crippen molar-refractivity contribution in [1.82, 2.24) is 19.5 Å². The first-order valence-corrected chi connectivity index (χ1v) is 13.3. The van der Waals surface area contributed by atoms with Crippen LogP contribution in [-0.2, 0) is 7.05 Å². The van der Waals surface area contributed by atoms with E-state index in [4.69, 9.17) is 0 Å². The summed E-state index contributed by atoms with van der Waals surface area (Å²) in [6.45, 7) is 13.3. The molecule has 0 aliphatic rings. The Morgan fingerprint density at radius 1 is 0.632 bits per heavy atom. The van der Waals surface area contributed by atoms with Crippen LogP contribution >= 0.6 is 0 Å². The molecule has 6 rings (SSSR count). The van der Waals surface area contributed by atoms with E-state index in [1.54, 1.807) is 6.33 Å². The molecule has 0 radical (unpaired) electrons. The lowest BCUT2D eigenvalue weighted by Crippen LogP contribution is -1.88. The van der Waals surface area contributed by atoms with Gasteiger partial charge in [0.15, 0.2) is 0 Å². The second kappa shape index (κ2) is 12.6. The van der Waals surface area contributed by atoms with E-state index in [2.05, 4.69) is 141 Å². The van der Waals surface area contributed by atoms with Crippen LogP contribution < -0.4 is 0 Å². The summed E-state index contributed by atoms with van der Waals surface area (Å²) in [5.41, 5.74) is 8.87. The number of H-pyrrole nitrogens is 2. The molecule has 6 aromatic rings. The Kier molecular flexibility index (Phi) is 9.57. The standard InChI is InChI=1S/C12H15N.C11H13N.C10H12N2.CH4/c1-9(2)10-4-5-12-11(8-10)6-7-13(12)3;1-8(2)9-3-4-11-10(7-9)5-6-12-11;1-7(2)8-3-4-9-10(5-8)12-6-11-9;/h4-9H,1-3H3;3-8,12H,1-2H3;3-7H,1-2H3,(H,11,12);1H4. The van der Waals surface area contributed by atoms with Crippen LogP contribution in [0.3, 0.4) is 0 Å². The van der Waals surface area contributed by atoms with Gasteiger partial charge in [0.05, 0.1) is 17.4 Å². The van der Waals surface area contributed by atoms with Crippen molar-refractivity contribution >= 4 is 32.8 Å². The molecule has 200 valence electrons. The van der Waals surface area contributed by atoms with Crippen molar-refractivity contribution in [3.05, 3.63) is 102 Å². The molecule has 0 saturated carbocycles. The normalized spacial score (nSPS) is 11.0. The number of aryl methyl sites for hydroxylation is 1. The summed E-state index contributed by atoms with van der Waals surface area (Å²) in [6.07, 6.45) is 5.82. The predicted octanol–water partition coefficient (Wildman–Crippen LogP) is 9.92. The third-order valence-corrected chi connectivity index (χ3v) is 6.93. The second-order valence-electron chi connectivity index (χ2n) is 10.7. The van der Waals surface area contributed by atoms with Gasteiger partial charge in [0, 0.05) is 30.5 Å². The summed E-state index contributed by atoms with van der Waals surface area (Å²) in [6, 6.07) is 23.9. The highest BCUT2D eigenvalue weighted by Crippen LogP contribution is 2.22. The lowest BCUT2D eigenvalue weighted by atomic mass is 10.0. The first-order chi connectivity index (χ1) is 17.7. The highest BCUT2D eigenvalue weighted by atomic mass is 14.9. The van der Waals surface area contributed by atoms with Crippen molar-refractivity contribution in [3.8, 4) is 0 Å². The summed E-state index contributed by atoms with van der Waals surface area (Å²) in [5, 5.41) is 2.65. The number of nitrogens with zero attached hydrogens (tertiary/aromatic N) is 2. The maximum Gasteiger partial charge on any atom is 0.0931 e. The van der Waals surface area contributed by atoms with Gasteiger partial charge < -0.3 is 14.5 Å². The monoisotopic (exact) mass is 508 g/mol. The number of hydrogen-bond acceptors (Lipinski definition) is 1. The molecule has 0 fully saturated rings. The average Bonchev–Trinajstić information content (AvgIpc) is 3.63. The number of aromatic amines is 2. The quantitative estimate of drug-likeness (QED) is 0.245. The Hall–Kier alpha value is -3.79. The van der Waals surface area contributed by atoms with Crippen molar-refractivity contribution in [1.29, 1.82) is 0 Å². The van der Waals surface area contributed by atoms with Gasteiger partial charge in [0.2, 0.25) is 0 Å². The molecule has 0 aliphatic heterocycles. The lowest BCUT2D eigenvalue weighted by Gasteiger charge is -2.05. The molecular weight excluding hydrogens is 464 g/mol. The number of nitrogens with one attached hydrogen (secondary N) is 2. The first-order valence-electron chi connectivity index (χ1n) is 13.3.